The number of pyridine rings is 1. The van der Waals surface area contributed by atoms with Crippen LogP contribution in [0.2, 0.25) is 0 Å². The average Bonchev–Trinajstić information content (AvgIpc) is 3.13. The number of aliphatic hydroxyl groups excluding tert-OH is 1. The maximum absolute atomic E-state index is 13.4. The number of ketones is 1. The number of carbonyl (C=O) groups excluding carboxylic acids is 2. The molecule has 0 spiro atoms. The smallest absolute Gasteiger partial charge is 0.294 e. The van der Waals surface area contributed by atoms with E-state index in [0.29, 0.717) is 17.7 Å². The molecule has 1 unspecified atom stereocenters. The Hall–Kier alpha value is -4.25. The lowest BCUT2D eigenvalue weighted by Crippen LogP contribution is -2.31. The van der Waals surface area contributed by atoms with Crippen LogP contribution >= 0.6 is 0 Å². The van der Waals surface area contributed by atoms with E-state index in [2.05, 4.69) is 4.98 Å². The highest BCUT2D eigenvalue weighted by molar-refractivity contribution is 6.18. The molecule has 1 amide bonds. The predicted octanol–water partition coefficient (Wildman–Crippen LogP) is 5.34. The van der Waals surface area contributed by atoms with E-state index in [9.17, 15) is 14.7 Å². The lowest BCUT2D eigenvalue weighted by Gasteiger charge is -2.27. The summed E-state index contributed by atoms with van der Waals surface area (Å²) in [4.78, 5) is 32.5. The van der Waals surface area contributed by atoms with E-state index in [4.69, 9.17) is 0 Å². The molecule has 5 heteroatoms. The van der Waals surface area contributed by atoms with E-state index in [1.165, 1.54) is 4.90 Å². The number of hydrogen-bond acceptors (Lipinski definition) is 4. The molecular weight excluding hydrogens is 412 g/mol. The zero-order valence-corrected chi connectivity index (χ0v) is 17.9. The molecule has 2 heterocycles. The fourth-order valence-corrected chi connectivity index (χ4v) is 4.45. The number of rotatable bonds is 6. The van der Waals surface area contributed by atoms with Crippen LogP contribution in [0.25, 0.3) is 10.8 Å². The van der Waals surface area contributed by atoms with Gasteiger partial charge in [-0.25, -0.2) is 0 Å². The molecule has 5 nitrogen and oxygen atoms in total. The number of anilines is 1. The van der Waals surface area contributed by atoms with Gasteiger partial charge in [0.1, 0.15) is 0 Å². The Labute approximate surface area is 191 Å². The van der Waals surface area contributed by atoms with Crippen LogP contribution in [0, 0.1) is 0 Å². The summed E-state index contributed by atoms with van der Waals surface area (Å²) in [6, 6.07) is 26.0. The van der Waals surface area contributed by atoms with Crippen molar-refractivity contribution in [3.05, 3.63) is 120 Å². The first-order chi connectivity index (χ1) is 16.1. The number of hydrogen-bond donors (Lipinski definition) is 1. The number of carbonyl (C=O) groups is 2. The zero-order valence-electron chi connectivity index (χ0n) is 17.9. The first kappa shape index (κ1) is 20.6. The summed E-state index contributed by atoms with van der Waals surface area (Å²) in [5.74, 6) is -1.32. The van der Waals surface area contributed by atoms with Crippen LogP contribution in [-0.2, 0) is 16.0 Å². The maximum Gasteiger partial charge on any atom is 0.294 e. The minimum absolute atomic E-state index is 0.122. The monoisotopic (exact) mass is 434 g/mol. The van der Waals surface area contributed by atoms with Crippen molar-refractivity contribution in [1.29, 1.82) is 0 Å². The number of amides is 1. The van der Waals surface area contributed by atoms with Gasteiger partial charge in [0, 0.05) is 24.2 Å². The summed E-state index contributed by atoms with van der Waals surface area (Å²) in [6.07, 6.45) is 4.00. The molecule has 0 aliphatic carbocycles. The van der Waals surface area contributed by atoms with E-state index in [1.54, 1.807) is 18.5 Å². The Morgan fingerprint density at radius 2 is 1.67 bits per heavy atom. The number of fused-ring (bicyclic) bond motifs is 1. The second kappa shape index (κ2) is 8.71. The Morgan fingerprint density at radius 1 is 0.909 bits per heavy atom. The van der Waals surface area contributed by atoms with Crippen LogP contribution in [0.1, 0.15) is 23.6 Å². The Balaban J connectivity index is 1.58. The standard InChI is InChI=1S/C28H22N2O3/c31-24(16-15-19-8-2-1-3-9-19)25-26(21-12-7-17-29-18-21)30(28(33)27(25)32)23-14-6-11-20-10-4-5-13-22(20)23/h1-14,17-18,26,32H,15-16H2. The molecule has 1 atom stereocenters. The van der Waals surface area contributed by atoms with E-state index >= 15 is 0 Å². The summed E-state index contributed by atoms with van der Waals surface area (Å²) in [5, 5.41) is 12.7. The lowest BCUT2D eigenvalue weighted by atomic mass is 9.93. The number of nitrogens with zero attached hydrogens (tertiary/aromatic N) is 2. The summed E-state index contributed by atoms with van der Waals surface area (Å²) in [6.45, 7) is 0. The fraction of sp³-hybridized carbons (Fsp3) is 0.107. The third kappa shape index (κ3) is 3.78. The fourth-order valence-electron chi connectivity index (χ4n) is 4.45. The first-order valence-electron chi connectivity index (χ1n) is 10.9. The van der Waals surface area contributed by atoms with Crippen molar-refractivity contribution in [3.8, 4) is 0 Å². The van der Waals surface area contributed by atoms with Gasteiger partial charge in [0.15, 0.2) is 11.5 Å². The highest BCUT2D eigenvalue weighted by atomic mass is 16.3. The van der Waals surface area contributed by atoms with Crippen molar-refractivity contribution in [3.63, 3.8) is 0 Å². The topological polar surface area (TPSA) is 70.5 Å². The highest BCUT2D eigenvalue weighted by Gasteiger charge is 2.44. The molecule has 0 radical (unpaired) electrons. The molecule has 3 aromatic carbocycles. The minimum Gasteiger partial charge on any atom is -0.503 e. The van der Waals surface area contributed by atoms with Gasteiger partial charge in [0.25, 0.3) is 5.91 Å². The predicted molar refractivity (Wildman–Crippen MR) is 128 cm³/mol. The number of aryl methyl sites for hydroxylation is 1. The molecule has 1 aromatic heterocycles. The van der Waals surface area contributed by atoms with E-state index in [1.807, 2.05) is 78.9 Å². The zero-order chi connectivity index (χ0) is 22.8. The minimum atomic E-state index is -0.750. The van der Waals surface area contributed by atoms with Crippen molar-refractivity contribution in [2.24, 2.45) is 0 Å². The first-order valence-corrected chi connectivity index (χ1v) is 10.9. The van der Waals surface area contributed by atoms with Gasteiger partial charge in [-0.05, 0) is 35.1 Å². The quantitative estimate of drug-likeness (QED) is 0.445. The van der Waals surface area contributed by atoms with Crippen molar-refractivity contribution >= 4 is 28.2 Å². The second-order valence-corrected chi connectivity index (χ2v) is 8.03. The van der Waals surface area contributed by atoms with Gasteiger partial charge < -0.3 is 5.11 Å². The summed E-state index contributed by atoms with van der Waals surface area (Å²) < 4.78 is 0. The van der Waals surface area contributed by atoms with E-state index in [-0.39, 0.29) is 17.8 Å². The summed E-state index contributed by atoms with van der Waals surface area (Å²) in [5.41, 5.74) is 2.46. The molecule has 162 valence electrons. The third-order valence-corrected chi connectivity index (χ3v) is 6.02. The van der Waals surface area contributed by atoms with Crippen LogP contribution in [0.4, 0.5) is 5.69 Å². The van der Waals surface area contributed by atoms with Crippen LogP contribution in [0.5, 0.6) is 0 Å². The summed E-state index contributed by atoms with van der Waals surface area (Å²) in [7, 11) is 0. The number of aliphatic hydroxyl groups is 1. The molecule has 0 fully saturated rings. The molecule has 5 rings (SSSR count). The largest absolute Gasteiger partial charge is 0.503 e. The molecule has 0 bridgehead atoms. The lowest BCUT2D eigenvalue weighted by molar-refractivity contribution is -0.118. The van der Waals surface area contributed by atoms with Crippen molar-refractivity contribution < 1.29 is 14.7 Å². The number of Topliss-reactive ketones (excluding diaryl/α,β-unsaturated/α-hetero) is 1. The molecular formula is C28H22N2O3. The Kier molecular flexibility index (Phi) is 5.45. The SMILES string of the molecule is O=C(CCc1ccccc1)C1=C(O)C(=O)N(c2cccc3ccccc23)C1c1cccnc1. The number of aromatic nitrogens is 1. The summed E-state index contributed by atoms with van der Waals surface area (Å²) >= 11 is 0. The van der Waals surface area contributed by atoms with Crippen molar-refractivity contribution in [2.75, 3.05) is 4.90 Å². The van der Waals surface area contributed by atoms with Crippen LogP contribution < -0.4 is 4.90 Å². The molecule has 1 N–H and O–H groups in total. The molecule has 1 aliphatic rings. The second-order valence-electron chi connectivity index (χ2n) is 8.03. The number of benzene rings is 3. The van der Waals surface area contributed by atoms with Crippen LogP contribution in [0.3, 0.4) is 0 Å². The van der Waals surface area contributed by atoms with Gasteiger partial charge in [-0.2, -0.15) is 0 Å². The maximum atomic E-state index is 13.4. The van der Waals surface area contributed by atoms with Gasteiger partial charge in [0.05, 0.1) is 17.3 Å². The average molecular weight is 434 g/mol. The molecule has 1 aliphatic heterocycles. The van der Waals surface area contributed by atoms with Crippen LogP contribution in [0.15, 0.2) is 109 Å². The molecule has 0 saturated heterocycles. The molecule has 33 heavy (non-hydrogen) atoms. The van der Waals surface area contributed by atoms with Crippen molar-refractivity contribution in [2.45, 2.75) is 18.9 Å². The van der Waals surface area contributed by atoms with Gasteiger partial charge in [0.2, 0.25) is 0 Å². The normalized spacial score (nSPS) is 15.9. The van der Waals surface area contributed by atoms with E-state index in [0.717, 1.165) is 16.3 Å². The highest BCUT2D eigenvalue weighted by Crippen LogP contribution is 2.43. The van der Waals surface area contributed by atoms with E-state index < -0.39 is 17.7 Å². The molecule has 4 aromatic rings. The van der Waals surface area contributed by atoms with Crippen molar-refractivity contribution in [1.82, 2.24) is 4.98 Å². The van der Waals surface area contributed by atoms with Gasteiger partial charge in [-0.1, -0.05) is 72.8 Å². The molecule has 0 saturated carbocycles. The van der Waals surface area contributed by atoms with Gasteiger partial charge in [-0.15, -0.1) is 0 Å². The van der Waals surface area contributed by atoms with Crippen LogP contribution in [-0.4, -0.2) is 21.8 Å². The Bertz CT molecular complexity index is 1360. The van der Waals surface area contributed by atoms with Gasteiger partial charge in [-0.3, -0.25) is 19.5 Å². The third-order valence-electron chi connectivity index (χ3n) is 6.02. The van der Waals surface area contributed by atoms with Gasteiger partial charge >= 0.3 is 0 Å². The Morgan fingerprint density at radius 3 is 2.45 bits per heavy atom.